The van der Waals surface area contributed by atoms with Crippen LogP contribution in [0.25, 0.3) is 0 Å². The van der Waals surface area contributed by atoms with Crippen LogP contribution in [0.4, 0.5) is 9.59 Å². The van der Waals surface area contributed by atoms with Crippen molar-refractivity contribution in [3.8, 4) is 0 Å². The van der Waals surface area contributed by atoms with Crippen molar-refractivity contribution >= 4 is 24.1 Å². The first-order chi connectivity index (χ1) is 12.4. The fourth-order valence-electron chi connectivity index (χ4n) is 3.05. The van der Waals surface area contributed by atoms with Gasteiger partial charge in [0, 0.05) is 11.5 Å². The minimum Gasteiger partial charge on any atom is -0.480 e. The highest BCUT2D eigenvalue weighted by atomic mass is 16.6. The number of nitrogens with zero attached hydrogens (tertiary/aromatic N) is 1. The van der Waals surface area contributed by atoms with E-state index in [2.05, 4.69) is 5.32 Å². The number of hydrogen-bond donors (Lipinski definition) is 2. The van der Waals surface area contributed by atoms with Crippen LogP contribution in [-0.2, 0) is 19.1 Å². The van der Waals surface area contributed by atoms with E-state index in [0.717, 1.165) is 4.90 Å². The molecule has 0 bridgehead atoms. The molecule has 0 aromatic carbocycles. The minimum atomic E-state index is -1.32. The van der Waals surface area contributed by atoms with Gasteiger partial charge in [0.15, 0.2) is 0 Å². The van der Waals surface area contributed by atoms with E-state index in [1.54, 1.807) is 55.4 Å². The number of amides is 3. The number of imide groups is 1. The molecular weight excluding hydrogens is 368 g/mol. The predicted molar refractivity (Wildman–Crippen MR) is 101 cm³/mol. The minimum absolute atomic E-state index is 0.157. The van der Waals surface area contributed by atoms with Crippen molar-refractivity contribution in [2.24, 2.45) is 5.92 Å². The summed E-state index contributed by atoms with van der Waals surface area (Å²) < 4.78 is 10.4. The maximum Gasteiger partial charge on any atom is 0.417 e. The monoisotopic (exact) mass is 400 g/mol. The number of carbonyl (C=O) groups is 4. The molecule has 1 rings (SSSR count). The average Bonchev–Trinajstić information content (AvgIpc) is 2.62. The third-order valence-electron chi connectivity index (χ3n) is 4.01. The summed E-state index contributed by atoms with van der Waals surface area (Å²) >= 11 is 0. The van der Waals surface area contributed by atoms with Gasteiger partial charge in [-0.2, -0.15) is 0 Å². The van der Waals surface area contributed by atoms with Crippen molar-refractivity contribution in [1.29, 1.82) is 0 Å². The van der Waals surface area contributed by atoms with E-state index in [1.807, 2.05) is 0 Å². The smallest absolute Gasteiger partial charge is 0.417 e. The Morgan fingerprint density at radius 3 is 2.07 bits per heavy atom. The summed E-state index contributed by atoms with van der Waals surface area (Å²) in [6.07, 6.45) is -1.55. The lowest BCUT2D eigenvalue weighted by molar-refractivity contribution is -0.140. The van der Waals surface area contributed by atoms with E-state index in [0.29, 0.717) is 0 Å². The molecule has 160 valence electrons. The third kappa shape index (κ3) is 6.69. The van der Waals surface area contributed by atoms with Crippen LogP contribution in [-0.4, -0.2) is 56.9 Å². The zero-order chi connectivity index (χ0) is 22.1. The van der Waals surface area contributed by atoms with E-state index in [1.165, 1.54) is 0 Å². The second-order valence-corrected chi connectivity index (χ2v) is 9.64. The van der Waals surface area contributed by atoms with Gasteiger partial charge in [-0.15, -0.1) is 0 Å². The molecule has 0 aromatic heterocycles. The van der Waals surface area contributed by atoms with Crippen LogP contribution in [0.15, 0.2) is 0 Å². The molecule has 2 N–H and O–H groups in total. The highest BCUT2D eigenvalue weighted by molar-refractivity contribution is 5.96. The summed E-state index contributed by atoms with van der Waals surface area (Å²) in [7, 11) is 0. The molecule has 0 aliphatic carbocycles. The first kappa shape index (κ1) is 23.7. The summed E-state index contributed by atoms with van der Waals surface area (Å²) in [5.74, 6) is -2.55. The van der Waals surface area contributed by atoms with Gasteiger partial charge in [0.25, 0.3) is 0 Å². The fourth-order valence-corrected chi connectivity index (χ4v) is 3.05. The van der Waals surface area contributed by atoms with Crippen molar-refractivity contribution in [3.63, 3.8) is 0 Å². The Balaban J connectivity index is 2.92. The number of carboxylic acids is 1. The van der Waals surface area contributed by atoms with E-state index < -0.39 is 52.8 Å². The number of carboxylic acid groups (broad SMARTS) is 1. The van der Waals surface area contributed by atoms with Crippen molar-refractivity contribution in [2.45, 2.75) is 91.0 Å². The van der Waals surface area contributed by atoms with Crippen LogP contribution in [0, 0.1) is 5.92 Å². The van der Waals surface area contributed by atoms with E-state index >= 15 is 0 Å². The highest BCUT2D eigenvalue weighted by Crippen LogP contribution is 2.37. The Bertz CT molecular complexity index is 644. The molecule has 1 heterocycles. The molecule has 1 unspecified atom stereocenters. The lowest BCUT2D eigenvalue weighted by atomic mass is 9.91. The highest BCUT2D eigenvalue weighted by Gasteiger charge is 2.50. The molecule has 0 aromatic rings. The lowest BCUT2D eigenvalue weighted by Gasteiger charge is -2.31. The van der Waals surface area contributed by atoms with Crippen LogP contribution in [0.2, 0.25) is 0 Å². The standard InChI is InChI=1S/C19H32N2O7/c1-17(2,3)27-15(25)20-12(14(23)24)9-11-10-19(7,8)21(13(11)22)16(26)28-18(4,5)6/h11-12H,9-10H2,1-8H3,(H,20,25)(H,23,24)/t11-,12?/m1/s1. The van der Waals surface area contributed by atoms with Gasteiger partial charge in [-0.3, -0.25) is 4.79 Å². The number of rotatable bonds is 4. The molecule has 2 atom stereocenters. The molecule has 1 aliphatic heterocycles. The molecule has 1 saturated heterocycles. The second-order valence-electron chi connectivity index (χ2n) is 9.64. The number of hydrogen-bond acceptors (Lipinski definition) is 6. The summed E-state index contributed by atoms with van der Waals surface area (Å²) in [6.45, 7) is 13.5. The van der Waals surface area contributed by atoms with Crippen LogP contribution in [0.1, 0.15) is 68.2 Å². The molecule has 3 amide bonds. The second kappa shape index (κ2) is 7.97. The first-order valence-corrected chi connectivity index (χ1v) is 9.22. The van der Waals surface area contributed by atoms with Gasteiger partial charge in [-0.25, -0.2) is 19.3 Å². The lowest BCUT2D eigenvalue weighted by Crippen LogP contribution is -2.48. The number of nitrogens with one attached hydrogen (secondary N) is 1. The van der Waals surface area contributed by atoms with Crippen molar-refractivity contribution < 1.29 is 33.8 Å². The summed E-state index contributed by atoms with van der Waals surface area (Å²) in [6, 6.07) is -1.32. The van der Waals surface area contributed by atoms with Gasteiger partial charge < -0.3 is 19.9 Å². The number of carbonyl (C=O) groups excluding carboxylic acids is 3. The number of alkyl carbamates (subject to hydrolysis) is 1. The zero-order valence-corrected chi connectivity index (χ0v) is 17.9. The Labute approximate surface area is 165 Å². The Morgan fingerprint density at radius 1 is 1.14 bits per heavy atom. The molecule has 1 fully saturated rings. The normalized spacial score (nSPS) is 20.5. The van der Waals surface area contributed by atoms with Gasteiger partial charge in [-0.05, 0) is 68.2 Å². The molecule has 1 aliphatic rings. The quantitative estimate of drug-likeness (QED) is 0.744. The third-order valence-corrected chi connectivity index (χ3v) is 4.01. The van der Waals surface area contributed by atoms with Gasteiger partial charge in [0.2, 0.25) is 5.91 Å². The van der Waals surface area contributed by atoms with Crippen LogP contribution >= 0.6 is 0 Å². The Kier molecular flexibility index (Phi) is 6.75. The van der Waals surface area contributed by atoms with Crippen LogP contribution < -0.4 is 5.32 Å². The SMILES string of the molecule is CC(C)(C)OC(=O)NC(C[C@@H]1CC(C)(C)N(C(=O)OC(C)(C)C)C1=O)C(=O)O. The van der Waals surface area contributed by atoms with Gasteiger partial charge in [0.05, 0.1) is 0 Å². The van der Waals surface area contributed by atoms with Crippen LogP contribution in [0.3, 0.4) is 0 Å². The molecule has 0 saturated carbocycles. The van der Waals surface area contributed by atoms with Gasteiger partial charge in [-0.1, -0.05) is 0 Å². The largest absolute Gasteiger partial charge is 0.480 e. The average molecular weight is 400 g/mol. The maximum atomic E-state index is 12.8. The maximum absolute atomic E-state index is 12.8. The Hall–Kier alpha value is -2.32. The summed E-state index contributed by atoms with van der Waals surface area (Å²) in [5.41, 5.74) is -2.39. The van der Waals surface area contributed by atoms with Crippen molar-refractivity contribution in [2.75, 3.05) is 0 Å². The summed E-state index contributed by atoms with van der Waals surface area (Å²) in [4.78, 5) is 49.8. The van der Waals surface area contributed by atoms with E-state index in [9.17, 15) is 24.3 Å². The van der Waals surface area contributed by atoms with Crippen molar-refractivity contribution in [3.05, 3.63) is 0 Å². The van der Waals surface area contributed by atoms with Crippen LogP contribution in [0.5, 0.6) is 0 Å². The van der Waals surface area contributed by atoms with Gasteiger partial charge in [0.1, 0.15) is 17.2 Å². The molecular formula is C19H32N2O7. The number of ether oxygens (including phenoxy) is 2. The molecule has 9 nitrogen and oxygen atoms in total. The molecule has 0 radical (unpaired) electrons. The molecule has 9 heteroatoms. The Morgan fingerprint density at radius 2 is 1.64 bits per heavy atom. The molecule has 28 heavy (non-hydrogen) atoms. The zero-order valence-electron chi connectivity index (χ0n) is 17.9. The predicted octanol–water partition coefficient (Wildman–Crippen LogP) is 2.92. The van der Waals surface area contributed by atoms with E-state index in [4.69, 9.17) is 9.47 Å². The summed E-state index contributed by atoms with van der Waals surface area (Å²) in [5, 5.41) is 11.7. The molecule has 0 spiro atoms. The van der Waals surface area contributed by atoms with Gasteiger partial charge >= 0.3 is 18.2 Å². The number of aliphatic carboxylic acids is 1. The fraction of sp³-hybridized carbons (Fsp3) is 0.789. The number of likely N-dealkylation sites (tertiary alicyclic amines) is 1. The van der Waals surface area contributed by atoms with Crippen molar-refractivity contribution in [1.82, 2.24) is 10.2 Å². The van der Waals surface area contributed by atoms with E-state index in [-0.39, 0.29) is 12.8 Å². The topological polar surface area (TPSA) is 122 Å². The first-order valence-electron chi connectivity index (χ1n) is 9.22.